The second-order valence-corrected chi connectivity index (χ2v) is 6.89. The number of methoxy groups -OCH3 is 1. The molecule has 0 unspecified atom stereocenters. The predicted octanol–water partition coefficient (Wildman–Crippen LogP) is 6.03. The molecule has 0 aliphatic heterocycles. The van der Waals surface area contributed by atoms with Gasteiger partial charge in [0.15, 0.2) is 0 Å². The third-order valence-electron chi connectivity index (χ3n) is 4.84. The van der Waals surface area contributed by atoms with Crippen LogP contribution in [0.1, 0.15) is 22.3 Å². The van der Waals surface area contributed by atoms with Crippen LogP contribution in [0.2, 0.25) is 0 Å². The molecule has 4 aromatic rings. The first-order valence-corrected chi connectivity index (χ1v) is 9.48. The standard InChI is InChI=1S/C27H22O/c1-28-27-16-12-21(13-17-27)8-5-9-23-10-14-25-15-11-24(20-26(25)19-23)18-22-6-3-2-4-7-22/h2-4,6-7,10-17,19-20H,8,18H2,1H3. The number of benzene rings is 4. The molecule has 0 radical (unpaired) electrons. The lowest BCUT2D eigenvalue weighted by molar-refractivity contribution is 0.414. The van der Waals surface area contributed by atoms with Gasteiger partial charge < -0.3 is 4.74 Å². The molecular formula is C27H22O. The molecule has 4 rings (SSSR count). The Morgan fingerprint density at radius 3 is 2.21 bits per heavy atom. The molecule has 1 nitrogen and oxygen atoms in total. The highest BCUT2D eigenvalue weighted by Gasteiger charge is 2.00. The minimum atomic E-state index is 0.732. The summed E-state index contributed by atoms with van der Waals surface area (Å²) >= 11 is 0. The SMILES string of the molecule is COc1ccc(CC#Cc2ccc3ccc(Cc4ccccc4)cc3c2)cc1. The lowest BCUT2D eigenvalue weighted by Crippen LogP contribution is -1.88. The van der Waals surface area contributed by atoms with Crippen molar-refractivity contribution < 1.29 is 4.74 Å². The molecule has 0 bridgehead atoms. The van der Waals surface area contributed by atoms with E-state index in [2.05, 4.69) is 90.7 Å². The highest BCUT2D eigenvalue weighted by Crippen LogP contribution is 2.20. The maximum atomic E-state index is 5.19. The highest BCUT2D eigenvalue weighted by atomic mass is 16.5. The summed E-state index contributed by atoms with van der Waals surface area (Å²) in [6, 6.07) is 31.8. The quantitative estimate of drug-likeness (QED) is 0.403. The van der Waals surface area contributed by atoms with E-state index in [0.29, 0.717) is 0 Å². The van der Waals surface area contributed by atoms with Crippen LogP contribution < -0.4 is 4.74 Å². The third-order valence-corrected chi connectivity index (χ3v) is 4.84. The topological polar surface area (TPSA) is 9.23 Å². The Morgan fingerprint density at radius 2 is 1.43 bits per heavy atom. The van der Waals surface area contributed by atoms with E-state index in [-0.39, 0.29) is 0 Å². The molecule has 0 atom stereocenters. The zero-order valence-electron chi connectivity index (χ0n) is 16.0. The van der Waals surface area contributed by atoms with Crippen LogP contribution in [0.4, 0.5) is 0 Å². The molecule has 0 N–H and O–H groups in total. The second-order valence-electron chi connectivity index (χ2n) is 6.89. The van der Waals surface area contributed by atoms with Gasteiger partial charge in [-0.05, 0) is 58.1 Å². The number of rotatable bonds is 4. The summed E-state index contributed by atoms with van der Waals surface area (Å²) in [5, 5.41) is 2.49. The minimum absolute atomic E-state index is 0.732. The van der Waals surface area contributed by atoms with E-state index in [0.717, 1.165) is 24.2 Å². The molecular weight excluding hydrogens is 340 g/mol. The first kappa shape index (κ1) is 17.9. The van der Waals surface area contributed by atoms with Crippen LogP contribution in [-0.2, 0) is 12.8 Å². The normalized spacial score (nSPS) is 10.3. The molecule has 136 valence electrons. The highest BCUT2D eigenvalue weighted by molar-refractivity contribution is 5.84. The maximum absolute atomic E-state index is 5.19. The summed E-state index contributed by atoms with van der Waals surface area (Å²) in [5.41, 5.74) is 4.90. The maximum Gasteiger partial charge on any atom is 0.118 e. The van der Waals surface area contributed by atoms with Crippen molar-refractivity contribution in [3.63, 3.8) is 0 Å². The van der Waals surface area contributed by atoms with Gasteiger partial charge in [-0.3, -0.25) is 0 Å². The fourth-order valence-corrected chi connectivity index (χ4v) is 3.31. The van der Waals surface area contributed by atoms with Crippen molar-refractivity contribution in [2.24, 2.45) is 0 Å². The number of fused-ring (bicyclic) bond motifs is 1. The number of hydrogen-bond donors (Lipinski definition) is 0. The molecule has 1 heteroatoms. The molecule has 0 heterocycles. The Labute approximate surface area is 166 Å². The smallest absolute Gasteiger partial charge is 0.118 e. The van der Waals surface area contributed by atoms with Gasteiger partial charge in [-0.25, -0.2) is 0 Å². The molecule has 0 aliphatic carbocycles. The summed E-state index contributed by atoms with van der Waals surface area (Å²) < 4.78 is 5.19. The van der Waals surface area contributed by atoms with E-state index in [4.69, 9.17) is 4.74 Å². The van der Waals surface area contributed by atoms with Crippen molar-refractivity contribution in [3.8, 4) is 17.6 Å². The Hall–Kier alpha value is -3.50. The molecule has 0 aliphatic rings. The lowest BCUT2D eigenvalue weighted by Gasteiger charge is -2.05. The van der Waals surface area contributed by atoms with Crippen molar-refractivity contribution in [3.05, 3.63) is 113 Å². The van der Waals surface area contributed by atoms with Gasteiger partial charge in [0.1, 0.15) is 5.75 Å². The van der Waals surface area contributed by atoms with Gasteiger partial charge in [0.2, 0.25) is 0 Å². The van der Waals surface area contributed by atoms with Gasteiger partial charge >= 0.3 is 0 Å². The van der Waals surface area contributed by atoms with Gasteiger partial charge in [-0.15, -0.1) is 0 Å². The van der Waals surface area contributed by atoms with Crippen LogP contribution >= 0.6 is 0 Å². The third kappa shape index (κ3) is 4.42. The summed E-state index contributed by atoms with van der Waals surface area (Å²) in [6.45, 7) is 0. The van der Waals surface area contributed by atoms with Crippen molar-refractivity contribution in [1.82, 2.24) is 0 Å². The van der Waals surface area contributed by atoms with Crippen LogP contribution in [-0.4, -0.2) is 7.11 Å². The zero-order chi connectivity index (χ0) is 19.2. The summed E-state index contributed by atoms with van der Waals surface area (Å²) in [5.74, 6) is 7.46. The first-order chi connectivity index (χ1) is 13.8. The first-order valence-electron chi connectivity index (χ1n) is 9.48. The van der Waals surface area contributed by atoms with E-state index in [1.54, 1.807) is 7.11 Å². The van der Waals surface area contributed by atoms with Crippen LogP contribution in [0, 0.1) is 11.8 Å². The Morgan fingerprint density at radius 1 is 0.679 bits per heavy atom. The van der Waals surface area contributed by atoms with Crippen molar-refractivity contribution in [1.29, 1.82) is 0 Å². The predicted molar refractivity (Wildman–Crippen MR) is 117 cm³/mol. The van der Waals surface area contributed by atoms with Crippen LogP contribution in [0.15, 0.2) is 91.0 Å². The molecule has 0 saturated carbocycles. The Bertz CT molecular complexity index is 1130. The van der Waals surface area contributed by atoms with Crippen LogP contribution in [0.3, 0.4) is 0 Å². The summed E-state index contributed by atoms with van der Waals surface area (Å²) in [6.07, 6.45) is 1.68. The largest absolute Gasteiger partial charge is 0.497 e. The molecule has 0 amide bonds. The Kier molecular flexibility index (Phi) is 5.41. The molecule has 0 saturated heterocycles. The average molecular weight is 362 g/mol. The van der Waals surface area contributed by atoms with E-state index in [1.807, 2.05) is 12.1 Å². The van der Waals surface area contributed by atoms with Gasteiger partial charge in [0, 0.05) is 12.0 Å². The monoisotopic (exact) mass is 362 g/mol. The van der Waals surface area contributed by atoms with Gasteiger partial charge in [0.25, 0.3) is 0 Å². The van der Waals surface area contributed by atoms with Crippen LogP contribution in [0.5, 0.6) is 5.75 Å². The summed E-state index contributed by atoms with van der Waals surface area (Å²) in [7, 11) is 1.68. The minimum Gasteiger partial charge on any atom is -0.497 e. The average Bonchev–Trinajstić information content (AvgIpc) is 2.75. The van der Waals surface area contributed by atoms with Crippen molar-refractivity contribution in [2.75, 3.05) is 7.11 Å². The molecule has 0 fully saturated rings. The van der Waals surface area contributed by atoms with E-state index >= 15 is 0 Å². The van der Waals surface area contributed by atoms with E-state index in [1.165, 1.54) is 27.5 Å². The van der Waals surface area contributed by atoms with Crippen molar-refractivity contribution in [2.45, 2.75) is 12.8 Å². The molecule has 28 heavy (non-hydrogen) atoms. The van der Waals surface area contributed by atoms with E-state index < -0.39 is 0 Å². The van der Waals surface area contributed by atoms with Gasteiger partial charge in [0.05, 0.1) is 7.11 Å². The van der Waals surface area contributed by atoms with Gasteiger partial charge in [-0.2, -0.15) is 0 Å². The fraction of sp³-hybridized carbons (Fsp3) is 0.111. The fourth-order valence-electron chi connectivity index (χ4n) is 3.31. The molecule has 4 aromatic carbocycles. The second kappa shape index (κ2) is 8.46. The lowest BCUT2D eigenvalue weighted by atomic mass is 10.00. The van der Waals surface area contributed by atoms with Crippen LogP contribution in [0.25, 0.3) is 10.8 Å². The molecule has 0 aromatic heterocycles. The number of ether oxygens (including phenoxy) is 1. The van der Waals surface area contributed by atoms with E-state index in [9.17, 15) is 0 Å². The Balaban J connectivity index is 1.51. The number of hydrogen-bond acceptors (Lipinski definition) is 1. The van der Waals surface area contributed by atoms with Gasteiger partial charge in [-0.1, -0.05) is 78.6 Å². The molecule has 0 spiro atoms. The van der Waals surface area contributed by atoms with Crippen molar-refractivity contribution >= 4 is 10.8 Å². The summed E-state index contributed by atoms with van der Waals surface area (Å²) in [4.78, 5) is 0. The zero-order valence-corrected chi connectivity index (χ0v) is 16.0.